The van der Waals surface area contributed by atoms with Crippen LogP contribution in [0.4, 0.5) is 4.79 Å². The third kappa shape index (κ3) is 5.30. The molecule has 2 N–H and O–H groups in total. The highest BCUT2D eigenvalue weighted by Crippen LogP contribution is 2.12. The van der Waals surface area contributed by atoms with Crippen LogP contribution in [-0.2, 0) is 16.1 Å². The molecule has 2 aromatic rings. The monoisotopic (exact) mass is 358 g/mol. The van der Waals surface area contributed by atoms with Crippen LogP contribution in [-0.4, -0.2) is 24.5 Å². The number of esters is 1. The zero-order valence-corrected chi connectivity index (χ0v) is 14.3. The molecule has 0 bridgehead atoms. The van der Waals surface area contributed by atoms with Crippen LogP contribution < -0.4 is 16.3 Å². The Morgan fingerprint density at radius 2 is 1.81 bits per heavy atom. The maximum atomic E-state index is 12.0. The summed E-state index contributed by atoms with van der Waals surface area (Å²) in [5, 5.41) is 4.57. The normalized spacial score (nSPS) is 10.1. The number of rotatable bonds is 5. The zero-order chi connectivity index (χ0) is 19.1. The molecule has 8 nitrogen and oxygen atoms in total. The van der Waals surface area contributed by atoms with Crippen LogP contribution in [0, 0.1) is 13.8 Å². The third-order valence-corrected chi connectivity index (χ3v) is 3.42. The number of carbonyl (C=O) groups excluding carboxylic acids is 3. The lowest BCUT2D eigenvalue weighted by atomic mass is 10.1. The van der Waals surface area contributed by atoms with Crippen molar-refractivity contribution in [2.75, 3.05) is 6.61 Å². The van der Waals surface area contributed by atoms with Crippen LogP contribution in [0.3, 0.4) is 0 Å². The summed E-state index contributed by atoms with van der Waals surface area (Å²) >= 11 is 0. The SMILES string of the molecule is Cc1cc(=O)oc(C)c1C(=O)OCC(=O)NC(=O)NCc1ccccc1. The van der Waals surface area contributed by atoms with E-state index in [9.17, 15) is 19.2 Å². The molecule has 0 unspecified atom stereocenters. The molecule has 0 spiro atoms. The Morgan fingerprint density at radius 3 is 2.46 bits per heavy atom. The number of imide groups is 1. The third-order valence-electron chi connectivity index (χ3n) is 3.42. The minimum atomic E-state index is -0.816. The van der Waals surface area contributed by atoms with Gasteiger partial charge in [-0.25, -0.2) is 14.4 Å². The van der Waals surface area contributed by atoms with Gasteiger partial charge in [-0.2, -0.15) is 0 Å². The first-order chi connectivity index (χ1) is 12.4. The minimum Gasteiger partial charge on any atom is -0.452 e. The second-order valence-electron chi connectivity index (χ2n) is 5.47. The van der Waals surface area contributed by atoms with Crippen LogP contribution >= 0.6 is 0 Å². The molecule has 0 fully saturated rings. The Kier molecular flexibility index (Phi) is 6.26. The van der Waals surface area contributed by atoms with E-state index in [2.05, 4.69) is 10.6 Å². The first-order valence-corrected chi connectivity index (χ1v) is 7.77. The Morgan fingerprint density at radius 1 is 1.12 bits per heavy atom. The number of urea groups is 1. The lowest BCUT2D eigenvalue weighted by Gasteiger charge is -2.09. The van der Waals surface area contributed by atoms with Gasteiger partial charge in [-0.15, -0.1) is 0 Å². The van der Waals surface area contributed by atoms with Gasteiger partial charge in [0, 0.05) is 12.6 Å². The second-order valence-corrected chi connectivity index (χ2v) is 5.47. The summed E-state index contributed by atoms with van der Waals surface area (Å²) in [7, 11) is 0. The molecule has 26 heavy (non-hydrogen) atoms. The molecular formula is C18H18N2O6. The highest BCUT2D eigenvalue weighted by molar-refractivity contribution is 5.97. The molecule has 0 aliphatic carbocycles. The highest BCUT2D eigenvalue weighted by Gasteiger charge is 2.18. The van der Waals surface area contributed by atoms with Gasteiger partial charge < -0.3 is 14.5 Å². The van der Waals surface area contributed by atoms with E-state index in [0.29, 0.717) is 5.56 Å². The highest BCUT2D eigenvalue weighted by atomic mass is 16.5. The van der Waals surface area contributed by atoms with Crippen LogP contribution in [0.15, 0.2) is 45.6 Å². The molecule has 1 aromatic heterocycles. The predicted octanol–water partition coefficient (Wildman–Crippen LogP) is 1.44. The number of hydrogen-bond donors (Lipinski definition) is 2. The van der Waals surface area contributed by atoms with Crippen molar-refractivity contribution >= 4 is 17.9 Å². The molecule has 1 heterocycles. The van der Waals surface area contributed by atoms with Crippen LogP contribution in [0.5, 0.6) is 0 Å². The molecule has 0 aliphatic rings. The molecule has 0 atom stereocenters. The summed E-state index contributed by atoms with van der Waals surface area (Å²) in [6.45, 7) is 2.61. The number of carbonyl (C=O) groups is 3. The summed E-state index contributed by atoms with van der Waals surface area (Å²) in [4.78, 5) is 46.6. The van der Waals surface area contributed by atoms with Crippen molar-refractivity contribution < 1.29 is 23.5 Å². The van der Waals surface area contributed by atoms with E-state index < -0.39 is 30.1 Å². The van der Waals surface area contributed by atoms with Gasteiger partial charge in [-0.1, -0.05) is 30.3 Å². The fourth-order valence-corrected chi connectivity index (χ4v) is 2.25. The van der Waals surface area contributed by atoms with E-state index in [1.54, 1.807) is 6.92 Å². The average molecular weight is 358 g/mol. The van der Waals surface area contributed by atoms with Gasteiger partial charge in [0.2, 0.25) is 0 Å². The van der Waals surface area contributed by atoms with Crippen molar-refractivity contribution in [2.45, 2.75) is 20.4 Å². The fraction of sp³-hybridized carbons (Fsp3) is 0.222. The quantitative estimate of drug-likeness (QED) is 0.782. The van der Waals surface area contributed by atoms with E-state index in [1.165, 1.54) is 6.92 Å². The second kappa shape index (κ2) is 8.61. The zero-order valence-electron chi connectivity index (χ0n) is 14.3. The Balaban J connectivity index is 1.82. The van der Waals surface area contributed by atoms with Gasteiger partial charge in [-0.3, -0.25) is 10.1 Å². The van der Waals surface area contributed by atoms with Crippen molar-refractivity contribution in [3.8, 4) is 0 Å². The molecule has 0 saturated carbocycles. The summed E-state index contributed by atoms with van der Waals surface area (Å²) in [6.07, 6.45) is 0. The molecule has 0 aliphatic heterocycles. The van der Waals surface area contributed by atoms with Crippen LogP contribution in [0.1, 0.15) is 27.2 Å². The maximum absolute atomic E-state index is 12.0. The van der Waals surface area contributed by atoms with E-state index in [-0.39, 0.29) is 17.9 Å². The topological polar surface area (TPSA) is 115 Å². The number of nitrogens with one attached hydrogen (secondary N) is 2. The Bertz CT molecular complexity index is 847. The number of ether oxygens (including phenoxy) is 1. The Labute approximate surface area is 149 Å². The summed E-state index contributed by atoms with van der Waals surface area (Å²) in [6, 6.07) is 9.61. The summed E-state index contributed by atoms with van der Waals surface area (Å²) in [5.74, 6) is -1.50. The first kappa shape index (κ1) is 18.9. The van der Waals surface area contributed by atoms with Gasteiger partial charge in [-0.05, 0) is 25.0 Å². The number of benzene rings is 1. The van der Waals surface area contributed by atoms with Gasteiger partial charge in [0.05, 0.1) is 0 Å². The lowest BCUT2D eigenvalue weighted by Crippen LogP contribution is -2.41. The maximum Gasteiger partial charge on any atom is 0.342 e. The van der Waals surface area contributed by atoms with Crippen molar-refractivity contribution in [3.63, 3.8) is 0 Å². The lowest BCUT2D eigenvalue weighted by molar-refractivity contribution is -0.123. The fourth-order valence-electron chi connectivity index (χ4n) is 2.25. The van der Waals surface area contributed by atoms with Crippen LogP contribution in [0.2, 0.25) is 0 Å². The smallest absolute Gasteiger partial charge is 0.342 e. The summed E-state index contributed by atoms with van der Waals surface area (Å²) < 4.78 is 9.70. The molecular weight excluding hydrogens is 340 g/mol. The largest absolute Gasteiger partial charge is 0.452 e. The molecule has 136 valence electrons. The van der Waals surface area contributed by atoms with Crippen molar-refractivity contribution in [1.82, 2.24) is 10.6 Å². The number of aryl methyl sites for hydroxylation is 2. The minimum absolute atomic E-state index is 0.0749. The van der Waals surface area contributed by atoms with Gasteiger partial charge in [0.25, 0.3) is 5.91 Å². The predicted molar refractivity (Wildman–Crippen MR) is 91.6 cm³/mol. The average Bonchev–Trinajstić information content (AvgIpc) is 2.58. The first-order valence-electron chi connectivity index (χ1n) is 7.77. The number of hydrogen-bond acceptors (Lipinski definition) is 6. The van der Waals surface area contributed by atoms with Crippen molar-refractivity contribution in [2.24, 2.45) is 0 Å². The van der Waals surface area contributed by atoms with Crippen LogP contribution in [0.25, 0.3) is 0 Å². The number of amides is 3. The molecule has 3 amide bonds. The van der Waals surface area contributed by atoms with Crippen molar-refractivity contribution in [3.05, 3.63) is 69.3 Å². The van der Waals surface area contributed by atoms with Gasteiger partial charge in [0.1, 0.15) is 11.3 Å². The van der Waals surface area contributed by atoms with E-state index >= 15 is 0 Å². The van der Waals surface area contributed by atoms with E-state index in [0.717, 1.165) is 11.6 Å². The summed E-state index contributed by atoms with van der Waals surface area (Å²) in [5.41, 5.74) is 0.748. The van der Waals surface area contributed by atoms with E-state index in [4.69, 9.17) is 9.15 Å². The Hall–Kier alpha value is -3.42. The molecule has 0 radical (unpaired) electrons. The molecule has 8 heteroatoms. The molecule has 1 aromatic carbocycles. The standard InChI is InChI=1S/C18H18N2O6/c1-11-8-15(22)26-12(2)16(11)17(23)25-10-14(21)20-18(24)19-9-13-6-4-3-5-7-13/h3-8H,9-10H2,1-2H3,(H2,19,20,21,24). The molecule has 2 rings (SSSR count). The van der Waals surface area contributed by atoms with Crippen molar-refractivity contribution in [1.29, 1.82) is 0 Å². The van der Waals surface area contributed by atoms with Gasteiger partial charge in [0.15, 0.2) is 6.61 Å². The van der Waals surface area contributed by atoms with Gasteiger partial charge >= 0.3 is 17.6 Å². The van der Waals surface area contributed by atoms with E-state index in [1.807, 2.05) is 30.3 Å². The molecule has 0 saturated heterocycles.